The van der Waals surface area contributed by atoms with E-state index < -0.39 is 5.97 Å². The predicted octanol–water partition coefficient (Wildman–Crippen LogP) is 1.59. The van der Waals surface area contributed by atoms with Crippen molar-refractivity contribution in [2.75, 3.05) is 7.11 Å². The fourth-order valence-electron chi connectivity index (χ4n) is 2.48. The Morgan fingerprint density at radius 2 is 2.26 bits per heavy atom. The topological polar surface area (TPSA) is 73.6 Å². The molecule has 1 N–H and O–H groups in total. The monoisotopic (exact) mass is 268 g/mol. The molecule has 0 aromatic carbocycles. The zero-order chi connectivity index (χ0) is 13.8. The first kappa shape index (κ1) is 14.0. The van der Waals surface area contributed by atoms with Crippen molar-refractivity contribution in [1.29, 1.82) is 0 Å². The maximum atomic E-state index is 11.1. The third-order valence-electron chi connectivity index (χ3n) is 3.66. The number of hydrogen-bond acceptors (Lipinski definition) is 4. The zero-order valence-electron chi connectivity index (χ0n) is 11.3. The molecule has 1 aromatic rings. The molecule has 1 fully saturated rings. The van der Waals surface area contributed by atoms with Crippen molar-refractivity contribution in [3.05, 3.63) is 17.5 Å². The number of rotatable bonds is 5. The maximum Gasteiger partial charge on any atom is 0.339 e. The second kappa shape index (κ2) is 6.16. The van der Waals surface area contributed by atoms with E-state index >= 15 is 0 Å². The van der Waals surface area contributed by atoms with Crippen molar-refractivity contribution in [3.8, 4) is 0 Å². The molecule has 2 atom stereocenters. The Labute approximate surface area is 112 Å². The smallest absolute Gasteiger partial charge is 0.339 e. The van der Waals surface area contributed by atoms with Gasteiger partial charge in [-0.25, -0.2) is 4.79 Å². The van der Waals surface area contributed by atoms with E-state index in [4.69, 9.17) is 14.6 Å². The van der Waals surface area contributed by atoms with E-state index in [2.05, 4.69) is 5.10 Å². The van der Waals surface area contributed by atoms with Gasteiger partial charge in [0.15, 0.2) is 0 Å². The molecule has 106 valence electrons. The lowest BCUT2D eigenvalue weighted by atomic mass is 9.95. The van der Waals surface area contributed by atoms with Crippen LogP contribution in [0.4, 0.5) is 0 Å². The van der Waals surface area contributed by atoms with Gasteiger partial charge in [0.05, 0.1) is 30.7 Å². The van der Waals surface area contributed by atoms with Crippen molar-refractivity contribution in [3.63, 3.8) is 0 Å². The van der Waals surface area contributed by atoms with Gasteiger partial charge in [0.25, 0.3) is 0 Å². The van der Waals surface area contributed by atoms with Crippen molar-refractivity contribution in [2.24, 2.45) is 7.05 Å². The quantitative estimate of drug-likeness (QED) is 0.878. The van der Waals surface area contributed by atoms with Crippen LogP contribution in [-0.4, -0.2) is 40.2 Å². The molecule has 0 saturated heterocycles. The van der Waals surface area contributed by atoms with Gasteiger partial charge >= 0.3 is 5.97 Å². The molecule has 1 aromatic heterocycles. The van der Waals surface area contributed by atoms with Gasteiger partial charge < -0.3 is 14.6 Å². The van der Waals surface area contributed by atoms with E-state index in [1.165, 1.54) is 6.20 Å². The average Bonchev–Trinajstić information content (AvgIpc) is 2.78. The van der Waals surface area contributed by atoms with Gasteiger partial charge in [-0.05, 0) is 25.7 Å². The second-order valence-corrected chi connectivity index (χ2v) is 4.89. The lowest BCUT2D eigenvalue weighted by Gasteiger charge is -2.28. The largest absolute Gasteiger partial charge is 0.478 e. The fourth-order valence-corrected chi connectivity index (χ4v) is 2.48. The zero-order valence-corrected chi connectivity index (χ0v) is 11.3. The summed E-state index contributed by atoms with van der Waals surface area (Å²) in [4.78, 5) is 11.1. The lowest BCUT2D eigenvalue weighted by molar-refractivity contribution is -0.0381. The van der Waals surface area contributed by atoms with Gasteiger partial charge in [0.1, 0.15) is 5.56 Å². The Kier molecular flexibility index (Phi) is 4.55. The van der Waals surface area contributed by atoms with Gasteiger partial charge in [-0.3, -0.25) is 4.68 Å². The first-order chi connectivity index (χ1) is 9.11. The summed E-state index contributed by atoms with van der Waals surface area (Å²) in [5.41, 5.74) is 0.814. The lowest BCUT2D eigenvalue weighted by Crippen LogP contribution is -2.27. The van der Waals surface area contributed by atoms with Crippen LogP contribution in [0.25, 0.3) is 0 Å². The van der Waals surface area contributed by atoms with Crippen LogP contribution in [0.15, 0.2) is 6.20 Å². The molecule has 19 heavy (non-hydrogen) atoms. The number of aromatic nitrogens is 2. The van der Waals surface area contributed by atoms with Crippen molar-refractivity contribution >= 4 is 5.97 Å². The minimum absolute atomic E-state index is 0.134. The third kappa shape index (κ3) is 3.33. The summed E-state index contributed by atoms with van der Waals surface area (Å²) < 4.78 is 12.7. The average molecular weight is 268 g/mol. The fraction of sp³-hybridized carbons (Fsp3) is 0.692. The molecular weight excluding hydrogens is 248 g/mol. The number of ether oxygens (including phenoxy) is 2. The number of aromatic carboxylic acids is 1. The molecule has 0 radical (unpaired) electrons. The number of nitrogens with zero attached hydrogens (tertiary/aromatic N) is 2. The summed E-state index contributed by atoms with van der Waals surface area (Å²) >= 11 is 0. The van der Waals surface area contributed by atoms with Crippen LogP contribution in [0.3, 0.4) is 0 Å². The van der Waals surface area contributed by atoms with Crippen LogP contribution in [0, 0.1) is 0 Å². The minimum Gasteiger partial charge on any atom is -0.478 e. The number of carboxylic acid groups (broad SMARTS) is 1. The number of aryl methyl sites for hydroxylation is 1. The molecule has 1 saturated carbocycles. The van der Waals surface area contributed by atoms with Crippen LogP contribution in [0.5, 0.6) is 0 Å². The van der Waals surface area contributed by atoms with Crippen LogP contribution < -0.4 is 0 Å². The summed E-state index contributed by atoms with van der Waals surface area (Å²) in [7, 11) is 3.45. The van der Waals surface area contributed by atoms with Crippen LogP contribution in [0.1, 0.15) is 41.7 Å². The standard InChI is InChI=1S/C13H20N2O4/c1-15-12(11(7-14-15)13(16)17)8-19-10-5-3-4-9(6-10)18-2/h7,9-10H,3-6,8H2,1-2H3,(H,16,17). The first-order valence-corrected chi connectivity index (χ1v) is 6.50. The highest BCUT2D eigenvalue weighted by molar-refractivity contribution is 5.88. The van der Waals surface area contributed by atoms with Gasteiger partial charge in [-0.1, -0.05) is 0 Å². The van der Waals surface area contributed by atoms with Crippen molar-refractivity contribution in [2.45, 2.75) is 44.5 Å². The van der Waals surface area contributed by atoms with Crippen molar-refractivity contribution < 1.29 is 19.4 Å². The van der Waals surface area contributed by atoms with Gasteiger partial charge in [-0.15, -0.1) is 0 Å². The normalized spacial score (nSPS) is 23.5. The number of carboxylic acids is 1. The highest BCUT2D eigenvalue weighted by Crippen LogP contribution is 2.24. The molecule has 0 bridgehead atoms. The summed E-state index contributed by atoms with van der Waals surface area (Å²) in [6.07, 6.45) is 5.78. The van der Waals surface area contributed by atoms with Crippen LogP contribution >= 0.6 is 0 Å². The molecule has 0 spiro atoms. The molecule has 0 amide bonds. The Morgan fingerprint density at radius 1 is 1.53 bits per heavy atom. The molecule has 6 nitrogen and oxygen atoms in total. The van der Waals surface area contributed by atoms with Crippen molar-refractivity contribution in [1.82, 2.24) is 9.78 Å². The highest BCUT2D eigenvalue weighted by Gasteiger charge is 2.23. The van der Waals surface area contributed by atoms with E-state index in [1.807, 2.05) is 0 Å². The minimum atomic E-state index is -0.967. The van der Waals surface area contributed by atoms with E-state index in [-0.39, 0.29) is 24.4 Å². The molecule has 2 rings (SSSR count). The molecule has 2 unspecified atom stereocenters. The highest BCUT2D eigenvalue weighted by atomic mass is 16.5. The third-order valence-corrected chi connectivity index (χ3v) is 3.66. The predicted molar refractivity (Wildman–Crippen MR) is 68.0 cm³/mol. The molecule has 1 heterocycles. The van der Waals surface area contributed by atoms with Gasteiger partial charge in [-0.2, -0.15) is 5.10 Å². The molecular formula is C13H20N2O4. The van der Waals surface area contributed by atoms with E-state index in [1.54, 1.807) is 18.8 Å². The van der Waals surface area contributed by atoms with Crippen LogP contribution in [0.2, 0.25) is 0 Å². The van der Waals surface area contributed by atoms with E-state index in [0.717, 1.165) is 25.7 Å². The molecule has 6 heteroatoms. The number of methoxy groups -OCH3 is 1. The van der Waals surface area contributed by atoms with Gasteiger partial charge in [0.2, 0.25) is 0 Å². The maximum absolute atomic E-state index is 11.1. The Bertz CT molecular complexity index is 444. The summed E-state index contributed by atoms with van der Waals surface area (Å²) in [5, 5.41) is 13.0. The number of hydrogen-bond donors (Lipinski definition) is 1. The summed E-state index contributed by atoms with van der Waals surface area (Å²) in [6.45, 7) is 0.277. The Hall–Kier alpha value is -1.40. The second-order valence-electron chi connectivity index (χ2n) is 4.89. The van der Waals surface area contributed by atoms with Crippen LogP contribution in [-0.2, 0) is 23.1 Å². The van der Waals surface area contributed by atoms with E-state index in [9.17, 15) is 4.79 Å². The Morgan fingerprint density at radius 3 is 2.95 bits per heavy atom. The molecule has 0 aliphatic heterocycles. The summed E-state index contributed by atoms with van der Waals surface area (Å²) in [5.74, 6) is -0.967. The first-order valence-electron chi connectivity index (χ1n) is 6.50. The van der Waals surface area contributed by atoms with Gasteiger partial charge in [0, 0.05) is 14.2 Å². The summed E-state index contributed by atoms with van der Waals surface area (Å²) in [6, 6.07) is 0. The Balaban J connectivity index is 1.95. The SMILES string of the molecule is COC1CCCC(OCc2c(C(=O)O)cnn2C)C1. The molecule has 1 aliphatic carbocycles. The molecule has 1 aliphatic rings. The number of carbonyl (C=O) groups is 1. The van der Waals surface area contributed by atoms with E-state index in [0.29, 0.717) is 5.69 Å².